The molecule has 4 rings (SSSR count). The van der Waals surface area contributed by atoms with Gasteiger partial charge in [0.2, 0.25) is 5.91 Å². The van der Waals surface area contributed by atoms with Gasteiger partial charge in [-0.25, -0.2) is 0 Å². The monoisotopic (exact) mass is 454 g/mol. The molecule has 2 fully saturated rings. The quantitative estimate of drug-likeness (QED) is 0.657. The molecule has 3 amide bonds. The van der Waals surface area contributed by atoms with Crippen molar-refractivity contribution < 1.29 is 14.4 Å². The summed E-state index contributed by atoms with van der Waals surface area (Å²) in [5.74, 6) is -0.596. The SMILES string of the molecule is O=C(NCCN1CCC(c2cccs2)CC1)C(=O)Nc1cccc(N2CCCCC2=O)c1. The summed E-state index contributed by atoms with van der Waals surface area (Å²) in [5, 5.41) is 7.49. The largest absolute Gasteiger partial charge is 0.347 e. The van der Waals surface area contributed by atoms with Gasteiger partial charge in [-0.15, -0.1) is 11.3 Å². The van der Waals surface area contributed by atoms with Crippen molar-refractivity contribution in [3.8, 4) is 0 Å². The van der Waals surface area contributed by atoms with Gasteiger partial charge in [0.05, 0.1) is 0 Å². The average Bonchev–Trinajstić information content (AvgIpc) is 3.35. The van der Waals surface area contributed by atoms with Crippen LogP contribution >= 0.6 is 11.3 Å². The van der Waals surface area contributed by atoms with E-state index in [0.29, 0.717) is 31.1 Å². The van der Waals surface area contributed by atoms with E-state index >= 15 is 0 Å². The zero-order valence-corrected chi connectivity index (χ0v) is 19.0. The van der Waals surface area contributed by atoms with Gasteiger partial charge < -0.3 is 20.4 Å². The second-order valence-electron chi connectivity index (χ2n) is 8.39. The highest BCUT2D eigenvalue weighted by molar-refractivity contribution is 7.10. The standard InChI is InChI=1S/C24H30N4O3S/c29-22-8-1-2-12-28(22)20-6-3-5-19(17-20)26-24(31)23(30)25-11-15-27-13-9-18(10-14-27)21-7-4-16-32-21/h3-7,16-18H,1-2,8-15H2,(H,25,30)(H,26,31). The summed E-state index contributed by atoms with van der Waals surface area (Å²) < 4.78 is 0. The summed E-state index contributed by atoms with van der Waals surface area (Å²) >= 11 is 1.83. The molecular weight excluding hydrogens is 424 g/mol. The van der Waals surface area contributed by atoms with E-state index in [1.807, 2.05) is 17.4 Å². The molecule has 7 nitrogen and oxygen atoms in total. The van der Waals surface area contributed by atoms with Crippen molar-refractivity contribution in [2.24, 2.45) is 0 Å². The van der Waals surface area contributed by atoms with Crippen molar-refractivity contribution in [2.45, 2.75) is 38.0 Å². The van der Waals surface area contributed by atoms with E-state index in [1.165, 1.54) is 4.88 Å². The third-order valence-electron chi connectivity index (χ3n) is 6.19. The molecule has 0 spiro atoms. The highest BCUT2D eigenvalue weighted by atomic mass is 32.1. The number of hydrogen-bond donors (Lipinski definition) is 2. The number of nitrogens with one attached hydrogen (secondary N) is 2. The number of amides is 3. The molecule has 3 heterocycles. The number of benzene rings is 1. The van der Waals surface area contributed by atoms with E-state index < -0.39 is 11.8 Å². The van der Waals surface area contributed by atoms with Crippen LogP contribution in [0.1, 0.15) is 42.9 Å². The van der Waals surface area contributed by atoms with Gasteiger partial charge in [-0.1, -0.05) is 12.1 Å². The van der Waals surface area contributed by atoms with Crippen LogP contribution in [0.2, 0.25) is 0 Å². The molecule has 0 unspecified atom stereocenters. The molecule has 8 heteroatoms. The van der Waals surface area contributed by atoms with E-state index in [1.54, 1.807) is 23.1 Å². The summed E-state index contributed by atoms with van der Waals surface area (Å²) in [7, 11) is 0. The van der Waals surface area contributed by atoms with E-state index in [2.05, 4.69) is 33.0 Å². The number of piperidine rings is 2. The van der Waals surface area contributed by atoms with Gasteiger partial charge in [0.25, 0.3) is 0 Å². The highest BCUT2D eigenvalue weighted by Gasteiger charge is 2.22. The van der Waals surface area contributed by atoms with E-state index in [-0.39, 0.29) is 5.91 Å². The molecule has 2 N–H and O–H groups in total. The third kappa shape index (κ3) is 5.75. The van der Waals surface area contributed by atoms with Crippen LogP contribution in [-0.2, 0) is 14.4 Å². The van der Waals surface area contributed by atoms with Crippen LogP contribution < -0.4 is 15.5 Å². The van der Waals surface area contributed by atoms with Crippen molar-refractivity contribution in [2.75, 3.05) is 42.9 Å². The highest BCUT2D eigenvalue weighted by Crippen LogP contribution is 2.30. The lowest BCUT2D eigenvalue weighted by Gasteiger charge is -2.31. The molecule has 2 aromatic rings. The number of nitrogens with zero attached hydrogens (tertiary/aromatic N) is 2. The maximum atomic E-state index is 12.3. The predicted molar refractivity (Wildman–Crippen MR) is 127 cm³/mol. The van der Waals surface area contributed by atoms with Gasteiger partial charge in [-0.05, 0) is 74.3 Å². The molecule has 1 aromatic carbocycles. The maximum Gasteiger partial charge on any atom is 0.313 e. The van der Waals surface area contributed by atoms with Crippen molar-refractivity contribution in [3.63, 3.8) is 0 Å². The summed E-state index contributed by atoms with van der Waals surface area (Å²) in [6.45, 7) is 3.88. The number of thiophene rings is 1. The van der Waals surface area contributed by atoms with Crippen LogP contribution in [0.5, 0.6) is 0 Å². The molecule has 170 valence electrons. The van der Waals surface area contributed by atoms with Crippen molar-refractivity contribution in [1.82, 2.24) is 10.2 Å². The number of carbonyl (C=O) groups is 3. The number of anilines is 2. The Hall–Kier alpha value is -2.71. The van der Waals surface area contributed by atoms with Crippen LogP contribution in [-0.4, -0.2) is 55.3 Å². The molecule has 0 aliphatic carbocycles. The zero-order chi connectivity index (χ0) is 22.3. The van der Waals surface area contributed by atoms with Crippen molar-refractivity contribution >= 4 is 40.4 Å². The van der Waals surface area contributed by atoms with Gasteiger partial charge in [-0.2, -0.15) is 0 Å². The Bertz CT molecular complexity index is 938. The van der Waals surface area contributed by atoms with Crippen LogP contribution in [0, 0.1) is 0 Å². The fraction of sp³-hybridized carbons (Fsp3) is 0.458. The second-order valence-corrected chi connectivity index (χ2v) is 9.37. The summed E-state index contributed by atoms with van der Waals surface area (Å²) in [6, 6.07) is 11.4. The van der Waals surface area contributed by atoms with Crippen LogP contribution in [0.15, 0.2) is 41.8 Å². The number of likely N-dealkylation sites (tertiary alicyclic amines) is 1. The number of carbonyl (C=O) groups excluding carboxylic acids is 3. The Morgan fingerprint density at radius 2 is 1.88 bits per heavy atom. The predicted octanol–water partition coefficient (Wildman–Crippen LogP) is 3.20. The minimum Gasteiger partial charge on any atom is -0.347 e. The van der Waals surface area contributed by atoms with Crippen LogP contribution in [0.3, 0.4) is 0 Å². The maximum absolute atomic E-state index is 12.3. The van der Waals surface area contributed by atoms with Gasteiger partial charge >= 0.3 is 11.8 Å². The first kappa shape index (κ1) is 22.5. The Kier molecular flexibility index (Phi) is 7.55. The Labute approximate surface area is 192 Å². The number of rotatable bonds is 6. The van der Waals surface area contributed by atoms with Crippen molar-refractivity contribution in [1.29, 1.82) is 0 Å². The normalized spacial score (nSPS) is 17.9. The molecule has 2 aliphatic heterocycles. The van der Waals surface area contributed by atoms with Crippen LogP contribution in [0.4, 0.5) is 11.4 Å². The topological polar surface area (TPSA) is 81.8 Å². The fourth-order valence-corrected chi connectivity index (χ4v) is 5.29. The molecule has 0 bridgehead atoms. The molecule has 1 aromatic heterocycles. The van der Waals surface area contributed by atoms with Gasteiger partial charge in [-0.3, -0.25) is 14.4 Å². The first-order chi connectivity index (χ1) is 15.6. The van der Waals surface area contributed by atoms with E-state index in [0.717, 1.165) is 51.0 Å². The Morgan fingerprint density at radius 1 is 1.03 bits per heavy atom. The summed E-state index contributed by atoms with van der Waals surface area (Å²) in [5.41, 5.74) is 1.26. The van der Waals surface area contributed by atoms with E-state index in [9.17, 15) is 14.4 Å². The summed E-state index contributed by atoms with van der Waals surface area (Å²) in [4.78, 5) is 42.2. The molecule has 32 heavy (non-hydrogen) atoms. The second kappa shape index (κ2) is 10.7. The third-order valence-corrected chi connectivity index (χ3v) is 7.23. The molecule has 0 saturated carbocycles. The lowest BCUT2D eigenvalue weighted by atomic mass is 9.95. The molecule has 2 aliphatic rings. The van der Waals surface area contributed by atoms with Crippen molar-refractivity contribution in [3.05, 3.63) is 46.7 Å². The summed E-state index contributed by atoms with van der Waals surface area (Å²) in [6.07, 6.45) is 4.69. The Morgan fingerprint density at radius 3 is 2.62 bits per heavy atom. The number of hydrogen-bond acceptors (Lipinski definition) is 5. The molecule has 2 saturated heterocycles. The lowest BCUT2D eigenvalue weighted by molar-refractivity contribution is -0.136. The molecule has 0 atom stereocenters. The molecular formula is C24H30N4O3S. The van der Waals surface area contributed by atoms with Gasteiger partial charge in [0.15, 0.2) is 0 Å². The lowest BCUT2D eigenvalue weighted by Crippen LogP contribution is -2.42. The molecule has 0 radical (unpaired) electrons. The Balaban J connectivity index is 1.20. The fourth-order valence-electron chi connectivity index (χ4n) is 4.39. The average molecular weight is 455 g/mol. The van der Waals surface area contributed by atoms with Gasteiger partial charge in [0, 0.05) is 42.3 Å². The minimum atomic E-state index is -0.691. The minimum absolute atomic E-state index is 0.0943. The van der Waals surface area contributed by atoms with Gasteiger partial charge in [0.1, 0.15) is 0 Å². The first-order valence-electron chi connectivity index (χ1n) is 11.4. The first-order valence-corrected chi connectivity index (χ1v) is 12.2. The van der Waals surface area contributed by atoms with Crippen LogP contribution in [0.25, 0.3) is 0 Å². The van der Waals surface area contributed by atoms with E-state index in [4.69, 9.17) is 0 Å². The smallest absolute Gasteiger partial charge is 0.313 e. The zero-order valence-electron chi connectivity index (χ0n) is 18.2.